The number of nitriles is 1. The first-order valence-electron chi connectivity index (χ1n) is 15.8. The van der Waals surface area contributed by atoms with E-state index < -0.39 is 30.6 Å². The molecule has 3 fully saturated rings. The van der Waals surface area contributed by atoms with Crippen LogP contribution in [-0.4, -0.2) is 120 Å². The van der Waals surface area contributed by atoms with Gasteiger partial charge in [-0.25, -0.2) is 18.7 Å². The van der Waals surface area contributed by atoms with Crippen LogP contribution in [0.25, 0.3) is 11.3 Å². The molecule has 1 amide bonds. The maximum atomic E-state index is 15.0. The van der Waals surface area contributed by atoms with E-state index in [1.165, 1.54) is 19.1 Å². The first kappa shape index (κ1) is 33.3. The number of carbonyl (C=O) groups excluding carboxylic acids is 1. The van der Waals surface area contributed by atoms with Gasteiger partial charge < -0.3 is 34.4 Å². The average Bonchev–Trinajstić information content (AvgIpc) is 3.05. The molecular weight excluding hydrogens is 626 g/mol. The van der Waals surface area contributed by atoms with Crippen molar-refractivity contribution < 1.29 is 32.9 Å². The number of piperidine rings is 1. The van der Waals surface area contributed by atoms with Crippen LogP contribution < -0.4 is 19.7 Å². The van der Waals surface area contributed by atoms with E-state index in [1.54, 1.807) is 19.4 Å². The van der Waals surface area contributed by atoms with Crippen molar-refractivity contribution in [2.24, 2.45) is 0 Å². The molecule has 13 nitrogen and oxygen atoms in total. The van der Waals surface area contributed by atoms with Crippen molar-refractivity contribution in [1.29, 1.82) is 5.26 Å². The number of halogens is 2. The highest BCUT2D eigenvalue weighted by Crippen LogP contribution is 2.35. The second kappa shape index (κ2) is 13.8. The number of alkyl halides is 2. The number of aliphatic hydroxyl groups is 1. The number of methoxy groups -OCH3 is 1. The van der Waals surface area contributed by atoms with Crippen LogP contribution in [0.1, 0.15) is 24.5 Å². The highest BCUT2D eigenvalue weighted by molar-refractivity contribution is 5.80. The van der Waals surface area contributed by atoms with Crippen molar-refractivity contribution >= 4 is 23.4 Å². The van der Waals surface area contributed by atoms with Gasteiger partial charge in [0.1, 0.15) is 29.4 Å². The van der Waals surface area contributed by atoms with E-state index in [0.29, 0.717) is 29.0 Å². The van der Waals surface area contributed by atoms with E-state index in [4.69, 9.17) is 14.2 Å². The SMILES string of the molecule is COc1nc(Nc2ncc(C)c(-c3ccc(O[C@@H]4CCN(C(=O)[C@H](C)O)CC4(F)F)c(C#N)c3)n2)ccc1N1CCN(C2COC2)CC1. The third kappa shape index (κ3) is 6.96. The van der Waals surface area contributed by atoms with E-state index in [9.17, 15) is 23.9 Å². The van der Waals surface area contributed by atoms with Gasteiger partial charge in [-0.3, -0.25) is 9.69 Å². The minimum Gasteiger partial charge on any atom is -0.483 e. The normalized spacial score (nSPS) is 20.4. The zero-order valence-electron chi connectivity index (χ0n) is 27.0. The standard InChI is InChI=1S/C33H38F2N8O5/c1-20-16-37-32(39-28-7-5-25(30(38-28)46-3)42-12-10-41(11-13-42)24-17-47-18-24)40-29(20)22-4-6-26(23(14-22)15-36)48-27-8-9-43(19-33(27,34)35)31(45)21(2)44/h4-7,14,16,21,24,27,44H,8-13,17-19H2,1-3H3,(H,37,38,39,40)/t21-,27+/m0/s1. The van der Waals surface area contributed by atoms with E-state index in [0.717, 1.165) is 55.5 Å². The Bertz CT molecular complexity index is 1690. The third-order valence-corrected chi connectivity index (χ3v) is 8.88. The number of ether oxygens (including phenoxy) is 3. The number of hydrogen-bond acceptors (Lipinski definition) is 12. The fourth-order valence-corrected chi connectivity index (χ4v) is 6.10. The molecule has 0 bridgehead atoms. The van der Waals surface area contributed by atoms with Crippen molar-refractivity contribution in [3.63, 3.8) is 0 Å². The number of aryl methyl sites for hydroxylation is 1. The van der Waals surface area contributed by atoms with Crippen LogP contribution in [0.5, 0.6) is 11.6 Å². The topological polar surface area (TPSA) is 149 Å². The summed E-state index contributed by atoms with van der Waals surface area (Å²) in [5, 5.41) is 22.5. The third-order valence-electron chi connectivity index (χ3n) is 8.88. The fourth-order valence-electron chi connectivity index (χ4n) is 6.10. The number of nitrogens with zero attached hydrogens (tertiary/aromatic N) is 7. The van der Waals surface area contributed by atoms with E-state index in [1.807, 2.05) is 25.1 Å². The van der Waals surface area contributed by atoms with Crippen LogP contribution in [0.4, 0.5) is 26.2 Å². The number of pyridine rings is 1. The molecule has 3 aliphatic rings. The van der Waals surface area contributed by atoms with E-state index in [2.05, 4.69) is 30.1 Å². The van der Waals surface area contributed by atoms with Crippen LogP contribution in [-0.2, 0) is 9.53 Å². The van der Waals surface area contributed by atoms with Crippen molar-refractivity contribution in [3.8, 4) is 29.0 Å². The highest BCUT2D eigenvalue weighted by Gasteiger charge is 2.48. The van der Waals surface area contributed by atoms with Crippen LogP contribution in [0.15, 0.2) is 36.5 Å². The lowest BCUT2D eigenvalue weighted by Gasteiger charge is -2.43. The second-order valence-corrected chi connectivity index (χ2v) is 12.2. The fraction of sp³-hybridized carbons (Fsp3) is 0.485. The summed E-state index contributed by atoms with van der Waals surface area (Å²) in [6.45, 7) is 7.37. The molecule has 48 heavy (non-hydrogen) atoms. The molecule has 15 heteroatoms. The zero-order chi connectivity index (χ0) is 34.0. The Labute approximate surface area is 277 Å². The van der Waals surface area contributed by atoms with Crippen LogP contribution >= 0.6 is 0 Å². The van der Waals surface area contributed by atoms with Crippen LogP contribution in [0.3, 0.4) is 0 Å². The molecule has 3 aliphatic heterocycles. The summed E-state index contributed by atoms with van der Waals surface area (Å²) in [4.78, 5) is 31.4. The summed E-state index contributed by atoms with van der Waals surface area (Å²) < 4.78 is 46.6. The van der Waals surface area contributed by atoms with Crippen LogP contribution in [0, 0.1) is 18.3 Å². The molecule has 5 heterocycles. The second-order valence-electron chi connectivity index (χ2n) is 12.2. The average molecular weight is 665 g/mol. The number of piperazine rings is 1. The summed E-state index contributed by atoms with van der Waals surface area (Å²) in [7, 11) is 1.58. The molecule has 0 radical (unpaired) electrons. The zero-order valence-corrected chi connectivity index (χ0v) is 27.0. The number of amides is 1. The Kier molecular flexibility index (Phi) is 9.58. The van der Waals surface area contributed by atoms with Gasteiger partial charge in [-0.05, 0) is 49.7 Å². The number of anilines is 3. The smallest absolute Gasteiger partial charge is 0.301 e. The number of hydrogen-bond donors (Lipinski definition) is 2. The number of carbonyl (C=O) groups is 1. The summed E-state index contributed by atoms with van der Waals surface area (Å²) in [6, 6.07) is 11.0. The minimum atomic E-state index is -3.38. The molecule has 2 N–H and O–H groups in total. The monoisotopic (exact) mass is 664 g/mol. The highest BCUT2D eigenvalue weighted by atomic mass is 19.3. The van der Waals surface area contributed by atoms with Gasteiger partial charge in [-0.1, -0.05) is 0 Å². The van der Waals surface area contributed by atoms with Gasteiger partial charge in [-0.2, -0.15) is 10.2 Å². The Balaban J connectivity index is 1.15. The van der Waals surface area contributed by atoms with E-state index in [-0.39, 0.29) is 30.2 Å². The van der Waals surface area contributed by atoms with E-state index >= 15 is 0 Å². The predicted molar refractivity (Wildman–Crippen MR) is 172 cm³/mol. The van der Waals surface area contributed by atoms with Crippen molar-refractivity contribution in [1.82, 2.24) is 24.8 Å². The van der Waals surface area contributed by atoms with Gasteiger partial charge in [0.25, 0.3) is 5.91 Å². The van der Waals surface area contributed by atoms with Crippen molar-refractivity contribution in [2.45, 2.75) is 44.4 Å². The van der Waals surface area contributed by atoms with Gasteiger partial charge in [0.2, 0.25) is 11.8 Å². The molecular formula is C33H38F2N8O5. The number of nitrogens with one attached hydrogen (secondary N) is 1. The van der Waals surface area contributed by atoms with Crippen molar-refractivity contribution in [2.75, 3.05) is 69.8 Å². The first-order chi connectivity index (χ1) is 23.1. The summed E-state index contributed by atoms with van der Waals surface area (Å²) in [5.41, 5.74) is 2.79. The molecule has 1 aromatic carbocycles. The number of aliphatic hydroxyl groups excluding tert-OH is 1. The number of aromatic nitrogens is 3. The molecule has 254 valence electrons. The summed E-state index contributed by atoms with van der Waals surface area (Å²) >= 11 is 0. The molecule has 3 aromatic rings. The number of rotatable bonds is 9. The van der Waals surface area contributed by atoms with Gasteiger partial charge in [0.15, 0.2) is 6.10 Å². The molecule has 0 spiro atoms. The molecule has 2 aromatic heterocycles. The summed E-state index contributed by atoms with van der Waals surface area (Å²) in [5.74, 6) is -2.91. The van der Waals surface area contributed by atoms with Gasteiger partial charge >= 0.3 is 5.92 Å². The maximum Gasteiger partial charge on any atom is 0.301 e. The van der Waals surface area contributed by atoms with Gasteiger partial charge in [0, 0.05) is 50.9 Å². The number of benzene rings is 1. The Morgan fingerprint density at radius 1 is 1.17 bits per heavy atom. The van der Waals surface area contributed by atoms with Crippen LogP contribution in [0.2, 0.25) is 0 Å². The number of likely N-dealkylation sites (tertiary alicyclic amines) is 1. The first-order valence-corrected chi connectivity index (χ1v) is 15.8. The maximum absolute atomic E-state index is 15.0. The van der Waals surface area contributed by atoms with Gasteiger partial charge in [-0.15, -0.1) is 0 Å². The largest absolute Gasteiger partial charge is 0.483 e. The molecule has 0 aliphatic carbocycles. The predicted octanol–water partition coefficient (Wildman–Crippen LogP) is 2.99. The Morgan fingerprint density at radius 3 is 2.58 bits per heavy atom. The Hall–Kier alpha value is -4.65. The molecule has 6 rings (SSSR count). The molecule has 3 saturated heterocycles. The minimum absolute atomic E-state index is 0.00105. The molecule has 2 atom stereocenters. The lowest BCUT2D eigenvalue weighted by Crippen LogP contribution is -2.56. The quantitative estimate of drug-likeness (QED) is 0.346. The van der Waals surface area contributed by atoms with Crippen molar-refractivity contribution in [3.05, 3.63) is 47.7 Å². The van der Waals surface area contributed by atoms with Gasteiger partial charge in [0.05, 0.1) is 44.2 Å². The lowest BCUT2D eigenvalue weighted by molar-refractivity contribution is -0.165. The molecule has 0 unspecified atom stereocenters. The lowest BCUT2D eigenvalue weighted by atomic mass is 10.0. The Morgan fingerprint density at radius 2 is 1.94 bits per heavy atom. The summed E-state index contributed by atoms with van der Waals surface area (Å²) in [6.07, 6.45) is -1.44. The molecule has 0 saturated carbocycles.